The van der Waals surface area contributed by atoms with Gasteiger partial charge in [-0.1, -0.05) is 12.1 Å². The first-order chi connectivity index (χ1) is 8.38. The van der Waals surface area contributed by atoms with Crippen LogP contribution in [0.4, 0.5) is 13.2 Å². The van der Waals surface area contributed by atoms with Crippen LogP contribution < -0.4 is 0 Å². The minimum atomic E-state index is -4.34. The molecule has 0 aliphatic rings. The SMILES string of the molecule is CC(=O)c1nc(-c2ccc(C(F)(F)F)cc2)cs1. The number of hydrogen-bond acceptors (Lipinski definition) is 3. The van der Waals surface area contributed by atoms with Crippen LogP contribution in [0.25, 0.3) is 11.3 Å². The predicted octanol–water partition coefficient (Wildman–Crippen LogP) is 4.03. The monoisotopic (exact) mass is 271 g/mol. The second-order valence-electron chi connectivity index (χ2n) is 3.67. The van der Waals surface area contributed by atoms with Gasteiger partial charge in [0.25, 0.3) is 0 Å². The van der Waals surface area contributed by atoms with Gasteiger partial charge in [-0.15, -0.1) is 11.3 Å². The van der Waals surface area contributed by atoms with Gasteiger partial charge in [0, 0.05) is 17.9 Å². The lowest BCUT2D eigenvalue weighted by atomic mass is 10.1. The van der Waals surface area contributed by atoms with Crippen LogP contribution in [0.3, 0.4) is 0 Å². The van der Waals surface area contributed by atoms with Crippen molar-refractivity contribution < 1.29 is 18.0 Å². The van der Waals surface area contributed by atoms with Crippen LogP contribution in [0.2, 0.25) is 0 Å². The van der Waals surface area contributed by atoms with Crippen LogP contribution in [0.5, 0.6) is 0 Å². The molecule has 18 heavy (non-hydrogen) atoms. The summed E-state index contributed by atoms with van der Waals surface area (Å²) in [6.45, 7) is 1.40. The molecule has 1 aromatic carbocycles. The first-order valence-corrected chi connectivity index (χ1v) is 5.90. The average molecular weight is 271 g/mol. The minimum Gasteiger partial charge on any atom is -0.292 e. The van der Waals surface area contributed by atoms with Crippen molar-refractivity contribution in [2.24, 2.45) is 0 Å². The van der Waals surface area contributed by atoms with Crippen molar-refractivity contribution in [3.8, 4) is 11.3 Å². The number of alkyl halides is 3. The molecule has 94 valence electrons. The molecule has 2 rings (SSSR count). The number of hydrogen-bond donors (Lipinski definition) is 0. The zero-order chi connectivity index (χ0) is 13.3. The Bertz CT molecular complexity index is 572. The average Bonchev–Trinajstić information content (AvgIpc) is 2.77. The molecule has 0 aliphatic heterocycles. The van der Waals surface area contributed by atoms with Gasteiger partial charge >= 0.3 is 6.18 Å². The number of nitrogens with zero attached hydrogens (tertiary/aromatic N) is 1. The van der Waals surface area contributed by atoms with E-state index in [0.29, 0.717) is 16.3 Å². The molecule has 0 saturated carbocycles. The molecule has 1 heterocycles. The molecule has 0 spiro atoms. The zero-order valence-electron chi connectivity index (χ0n) is 9.28. The highest BCUT2D eigenvalue weighted by atomic mass is 32.1. The summed E-state index contributed by atoms with van der Waals surface area (Å²) in [5.74, 6) is -0.154. The van der Waals surface area contributed by atoms with Crippen LogP contribution in [-0.2, 0) is 6.18 Å². The number of thiazole rings is 1. The highest BCUT2D eigenvalue weighted by Gasteiger charge is 2.30. The number of Topliss-reactive ketones (excluding diaryl/α,β-unsaturated/α-hetero) is 1. The second-order valence-corrected chi connectivity index (χ2v) is 4.53. The fourth-order valence-corrected chi connectivity index (χ4v) is 2.13. The Kier molecular flexibility index (Phi) is 3.21. The lowest BCUT2D eigenvalue weighted by Crippen LogP contribution is -2.04. The van der Waals surface area contributed by atoms with Gasteiger partial charge in [-0.05, 0) is 12.1 Å². The van der Waals surface area contributed by atoms with E-state index in [0.717, 1.165) is 12.1 Å². The Hall–Kier alpha value is -1.69. The van der Waals surface area contributed by atoms with Gasteiger partial charge in [0.05, 0.1) is 11.3 Å². The Balaban J connectivity index is 2.31. The van der Waals surface area contributed by atoms with Gasteiger partial charge in [0.15, 0.2) is 10.8 Å². The molecule has 2 nitrogen and oxygen atoms in total. The van der Waals surface area contributed by atoms with E-state index in [4.69, 9.17) is 0 Å². The van der Waals surface area contributed by atoms with E-state index in [1.165, 1.54) is 30.4 Å². The predicted molar refractivity (Wildman–Crippen MR) is 62.6 cm³/mol. The molecule has 2 aromatic rings. The molecule has 0 radical (unpaired) electrons. The van der Waals surface area contributed by atoms with Crippen molar-refractivity contribution in [1.82, 2.24) is 4.98 Å². The fourth-order valence-electron chi connectivity index (χ4n) is 1.40. The second kappa shape index (κ2) is 4.53. The van der Waals surface area contributed by atoms with Crippen molar-refractivity contribution in [2.75, 3.05) is 0 Å². The topological polar surface area (TPSA) is 30.0 Å². The van der Waals surface area contributed by atoms with Gasteiger partial charge < -0.3 is 0 Å². The molecule has 0 amide bonds. The molecule has 0 aliphatic carbocycles. The molecule has 0 fully saturated rings. The normalized spacial score (nSPS) is 11.6. The van der Waals surface area contributed by atoms with E-state index in [1.807, 2.05) is 0 Å². The van der Waals surface area contributed by atoms with Crippen LogP contribution in [0.1, 0.15) is 22.3 Å². The molecular formula is C12H8F3NOS. The number of benzene rings is 1. The number of carbonyl (C=O) groups is 1. The van der Waals surface area contributed by atoms with Gasteiger partial charge in [0.1, 0.15) is 0 Å². The molecule has 0 saturated heterocycles. The summed E-state index contributed by atoms with van der Waals surface area (Å²) in [5.41, 5.74) is 0.374. The molecule has 1 aromatic heterocycles. The summed E-state index contributed by atoms with van der Waals surface area (Å²) >= 11 is 1.18. The molecule has 0 N–H and O–H groups in total. The first-order valence-electron chi connectivity index (χ1n) is 5.02. The minimum absolute atomic E-state index is 0.154. The zero-order valence-corrected chi connectivity index (χ0v) is 10.1. The summed E-state index contributed by atoms with van der Waals surface area (Å²) < 4.78 is 37.1. The van der Waals surface area contributed by atoms with Crippen LogP contribution >= 0.6 is 11.3 Å². The Morgan fingerprint density at radius 2 is 1.83 bits per heavy atom. The lowest BCUT2D eigenvalue weighted by molar-refractivity contribution is -0.137. The van der Waals surface area contributed by atoms with E-state index in [9.17, 15) is 18.0 Å². The number of halogens is 3. The standard InChI is InChI=1S/C12H8F3NOS/c1-7(17)11-16-10(6-18-11)8-2-4-9(5-3-8)12(13,14)15/h2-6H,1H3. The van der Waals surface area contributed by atoms with Gasteiger partial charge in [-0.3, -0.25) is 4.79 Å². The highest BCUT2D eigenvalue weighted by molar-refractivity contribution is 7.12. The van der Waals surface area contributed by atoms with Crippen LogP contribution in [0, 0.1) is 0 Å². The van der Waals surface area contributed by atoms with E-state index in [-0.39, 0.29) is 5.78 Å². The van der Waals surface area contributed by atoms with E-state index in [1.54, 1.807) is 5.38 Å². The van der Waals surface area contributed by atoms with Gasteiger partial charge in [-0.25, -0.2) is 4.98 Å². The first kappa shape index (κ1) is 12.8. The third-order valence-corrected chi connectivity index (χ3v) is 3.26. The van der Waals surface area contributed by atoms with E-state index in [2.05, 4.69) is 4.98 Å². The maximum Gasteiger partial charge on any atom is 0.416 e. The van der Waals surface area contributed by atoms with Crippen molar-refractivity contribution in [1.29, 1.82) is 0 Å². The summed E-state index contributed by atoms with van der Waals surface area (Å²) in [7, 11) is 0. The van der Waals surface area contributed by atoms with Crippen molar-refractivity contribution in [3.63, 3.8) is 0 Å². The Labute approximate surface area is 105 Å². The largest absolute Gasteiger partial charge is 0.416 e. The molecule has 0 atom stereocenters. The summed E-state index contributed by atoms with van der Waals surface area (Å²) in [6, 6.07) is 4.70. The molecule has 0 unspecified atom stereocenters. The van der Waals surface area contributed by atoms with Crippen molar-refractivity contribution >= 4 is 17.1 Å². The smallest absolute Gasteiger partial charge is 0.292 e. The third-order valence-electron chi connectivity index (χ3n) is 2.31. The third kappa shape index (κ3) is 2.59. The maximum absolute atomic E-state index is 12.4. The van der Waals surface area contributed by atoms with E-state index >= 15 is 0 Å². The Morgan fingerprint density at radius 3 is 2.28 bits per heavy atom. The summed E-state index contributed by atoms with van der Waals surface area (Å²) in [5, 5.41) is 2.00. The summed E-state index contributed by atoms with van der Waals surface area (Å²) in [6.07, 6.45) is -4.34. The Morgan fingerprint density at radius 1 is 1.22 bits per heavy atom. The summed E-state index contributed by atoms with van der Waals surface area (Å²) in [4.78, 5) is 15.1. The van der Waals surface area contributed by atoms with E-state index < -0.39 is 11.7 Å². The van der Waals surface area contributed by atoms with Crippen LogP contribution in [0.15, 0.2) is 29.6 Å². The maximum atomic E-state index is 12.4. The van der Waals surface area contributed by atoms with Gasteiger partial charge in [0.2, 0.25) is 0 Å². The number of rotatable bonds is 2. The van der Waals surface area contributed by atoms with Gasteiger partial charge in [-0.2, -0.15) is 13.2 Å². The van der Waals surface area contributed by atoms with Crippen molar-refractivity contribution in [3.05, 3.63) is 40.2 Å². The van der Waals surface area contributed by atoms with Crippen molar-refractivity contribution in [2.45, 2.75) is 13.1 Å². The quantitative estimate of drug-likeness (QED) is 0.772. The molecule has 0 bridgehead atoms. The lowest BCUT2D eigenvalue weighted by Gasteiger charge is -2.06. The molecule has 6 heteroatoms. The highest BCUT2D eigenvalue weighted by Crippen LogP contribution is 2.31. The molecular weight excluding hydrogens is 263 g/mol. The number of aromatic nitrogens is 1. The van der Waals surface area contributed by atoms with Crippen LogP contribution in [-0.4, -0.2) is 10.8 Å². The fraction of sp³-hybridized carbons (Fsp3) is 0.167. The number of ketones is 1. The number of carbonyl (C=O) groups excluding carboxylic acids is 1.